The molecule has 0 bridgehead atoms. The maximum absolute atomic E-state index is 5.42. The van der Waals surface area contributed by atoms with Crippen LogP contribution in [0.4, 0.5) is 0 Å². The van der Waals surface area contributed by atoms with Crippen molar-refractivity contribution in [3.63, 3.8) is 0 Å². The van der Waals surface area contributed by atoms with Gasteiger partial charge in [-0.05, 0) is 39.4 Å². The zero-order valence-corrected chi connectivity index (χ0v) is 15.0. The number of ether oxygens (including phenoxy) is 2. The predicted octanol–water partition coefficient (Wildman–Crippen LogP) is 3.74. The Balaban J connectivity index is 2.13. The molecule has 0 aliphatic rings. The van der Waals surface area contributed by atoms with Crippen molar-refractivity contribution in [1.82, 2.24) is 14.5 Å². The largest absolute Gasteiger partial charge is 0.493 e. The number of nitrogens with zero attached hydrogens (tertiary/aromatic N) is 3. The molecule has 0 aliphatic heterocycles. The van der Waals surface area contributed by atoms with Crippen molar-refractivity contribution in [1.29, 1.82) is 0 Å². The van der Waals surface area contributed by atoms with E-state index in [0.717, 1.165) is 48.6 Å². The number of benzene rings is 1. The van der Waals surface area contributed by atoms with Gasteiger partial charge in [-0.1, -0.05) is 13.8 Å². The lowest BCUT2D eigenvalue weighted by molar-refractivity contribution is 0.289. The van der Waals surface area contributed by atoms with Crippen molar-refractivity contribution >= 4 is 11.0 Å². The van der Waals surface area contributed by atoms with Gasteiger partial charge in [0.25, 0.3) is 0 Å². The molecule has 5 nitrogen and oxygen atoms in total. The smallest absolute Gasteiger partial charge is 0.163 e. The number of methoxy groups -OCH3 is 2. The van der Waals surface area contributed by atoms with Crippen LogP contribution in [0, 0.1) is 0 Å². The third kappa shape index (κ3) is 3.96. The Kier molecular flexibility index (Phi) is 6.28. The van der Waals surface area contributed by atoms with Gasteiger partial charge in [0.15, 0.2) is 11.5 Å². The molecule has 2 aromatic rings. The topological polar surface area (TPSA) is 39.5 Å². The number of imidazole rings is 1. The average molecular weight is 319 g/mol. The molecule has 1 aromatic heterocycles. The minimum atomic E-state index is 0.411. The van der Waals surface area contributed by atoms with Gasteiger partial charge in [0.1, 0.15) is 0 Å². The highest BCUT2D eigenvalue weighted by atomic mass is 16.5. The van der Waals surface area contributed by atoms with Gasteiger partial charge in [-0.25, -0.2) is 4.98 Å². The fraction of sp³-hybridized carbons (Fsp3) is 0.611. The molecule has 0 radical (unpaired) electrons. The minimum Gasteiger partial charge on any atom is -0.493 e. The Morgan fingerprint density at radius 2 is 1.78 bits per heavy atom. The second kappa shape index (κ2) is 8.20. The van der Waals surface area contributed by atoms with Gasteiger partial charge in [-0.15, -0.1) is 0 Å². The maximum Gasteiger partial charge on any atom is 0.163 e. The van der Waals surface area contributed by atoms with Gasteiger partial charge in [-0.2, -0.15) is 0 Å². The molecule has 1 heterocycles. The summed E-state index contributed by atoms with van der Waals surface area (Å²) in [7, 11) is 3.31. The van der Waals surface area contributed by atoms with Crippen molar-refractivity contribution in [2.75, 3.05) is 33.9 Å². The SMILES string of the molecule is CCN(CC)CCCC(C)n1cnc2cc(OC)c(OC)cc21. The van der Waals surface area contributed by atoms with Gasteiger partial charge < -0.3 is 18.9 Å². The van der Waals surface area contributed by atoms with E-state index in [4.69, 9.17) is 9.47 Å². The van der Waals surface area contributed by atoms with Crippen LogP contribution in [0.15, 0.2) is 18.5 Å². The zero-order chi connectivity index (χ0) is 16.8. The fourth-order valence-electron chi connectivity index (χ4n) is 2.99. The third-order valence-corrected chi connectivity index (χ3v) is 4.55. The standard InChI is InChI=1S/C18H29N3O2/c1-6-20(7-2)10-8-9-14(3)21-13-19-15-11-17(22-4)18(23-5)12-16(15)21/h11-14H,6-10H2,1-5H3. The minimum absolute atomic E-state index is 0.411. The summed E-state index contributed by atoms with van der Waals surface area (Å²) < 4.78 is 13.0. The van der Waals surface area contributed by atoms with Crippen LogP contribution in [0.2, 0.25) is 0 Å². The monoisotopic (exact) mass is 319 g/mol. The molecule has 0 N–H and O–H groups in total. The number of hydrogen-bond donors (Lipinski definition) is 0. The summed E-state index contributed by atoms with van der Waals surface area (Å²) in [4.78, 5) is 6.98. The lowest BCUT2D eigenvalue weighted by Crippen LogP contribution is -2.24. The summed E-state index contributed by atoms with van der Waals surface area (Å²) in [5.41, 5.74) is 2.04. The van der Waals surface area contributed by atoms with Crippen LogP contribution < -0.4 is 9.47 Å². The first kappa shape index (κ1) is 17.6. The van der Waals surface area contributed by atoms with E-state index >= 15 is 0 Å². The van der Waals surface area contributed by atoms with E-state index in [2.05, 4.69) is 35.2 Å². The number of hydrogen-bond acceptors (Lipinski definition) is 4. The zero-order valence-electron chi connectivity index (χ0n) is 15.0. The molecule has 0 saturated carbocycles. The van der Waals surface area contributed by atoms with Crippen LogP contribution in [0.5, 0.6) is 11.5 Å². The lowest BCUT2D eigenvalue weighted by Gasteiger charge is -2.20. The summed E-state index contributed by atoms with van der Waals surface area (Å²) in [6.07, 6.45) is 4.25. The van der Waals surface area contributed by atoms with E-state index in [1.54, 1.807) is 14.2 Å². The van der Waals surface area contributed by atoms with Crippen LogP contribution in [0.1, 0.15) is 39.7 Å². The highest BCUT2D eigenvalue weighted by Crippen LogP contribution is 2.33. The molecule has 0 fully saturated rings. The Morgan fingerprint density at radius 1 is 1.13 bits per heavy atom. The fourth-order valence-corrected chi connectivity index (χ4v) is 2.99. The normalized spacial score (nSPS) is 12.8. The van der Waals surface area contributed by atoms with E-state index in [-0.39, 0.29) is 0 Å². The molecular weight excluding hydrogens is 290 g/mol. The van der Waals surface area contributed by atoms with Crippen molar-refractivity contribution < 1.29 is 9.47 Å². The Morgan fingerprint density at radius 3 is 2.39 bits per heavy atom. The second-order valence-corrected chi connectivity index (χ2v) is 5.87. The summed E-state index contributed by atoms with van der Waals surface area (Å²) in [5, 5.41) is 0. The molecule has 0 amide bonds. The number of rotatable bonds is 9. The van der Waals surface area contributed by atoms with Gasteiger partial charge in [0.2, 0.25) is 0 Å². The molecule has 5 heteroatoms. The van der Waals surface area contributed by atoms with E-state index in [1.165, 1.54) is 6.42 Å². The molecule has 23 heavy (non-hydrogen) atoms. The first-order chi connectivity index (χ1) is 11.1. The van der Waals surface area contributed by atoms with Crippen molar-refractivity contribution in [3.8, 4) is 11.5 Å². The highest BCUT2D eigenvalue weighted by molar-refractivity contribution is 5.80. The molecule has 1 aromatic carbocycles. The summed E-state index contributed by atoms with van der Waals surface area (Å²) in [6, 6.07) is 4.36. The van der Waals surface area contributed by atoms with Crippen LogP contribution in [-0.2, 0) is 0 Å². The highest BCUT2D eigenvalue weighted by Gasteiger charge is 2.14. The van der Waals surface area contributed by atoms with Crippen LogP contribution in [-0.4, -0.2) is 48.3 Å². The van der Waals surface area contributed by atoms with Crippen molar-refractivity contribution in [2.45, 2.75) is 39.7 Å². The maximum atomic E-state index is 5.42. The number of fused-ring (bicyclic) bond motifs is 1. The summed E-state index contributed by atoms with van der Waals surface area (Å²) >= 11 is 0. The molecule has 0 saturated heterocycles. The van der Waals surface area contributed by atoms with Crippen LogP contribution in [0.3, 0.4) is 0 Å². The van der Waals surface area contributed by atoms with E-state index in [0.29, 0.717) is 6.04 Å². The Hall–Kier alpha value is -1.75. The van der Waals surface area contributed by atoms with E-state index in [1.807, 2.05) is 18.5 Å². The third-order valence-electron chi connectivity index (χ3n) is 4.55. The molecule has 2 rings (SSSR count). The number of aromatic nitrogens is 2. The first-order valence-electron chi connectivity index (χ1n) is 8.45. The Labute approximate surface area is 139 Å². The molecule has 0 aliphatic carbocycles. The summed E-state index contributed by atoms with van der Waals surface area (Å²) in [6.45, 7) is 10.1. The molecule has 0 spiro atoms. The van der Waals surface area contributed by atoms with E-state index < -0.39 is 0 Å². The van der Waals surface area contributed by atoms with Gasteiger partial charge in [0, 0.05) is 18.2 Å². The van der Waals surface area contributed by atoms with Gasteiger partial charge >= 0.3 is 0 Å². The quantitative estimate of drug-likeness (QED) is 0.706. The molecule has 1 atom stereocenters. The van der Waals surface area contributed by atoms with Gasteiger partial charge in [-0.3, -0.25) is 0 Å². The van der Waals surface area contributed by atoms with Gasteiger partial charge in [0.05, 0.1) is 31.6 Å². The van der Waals surface area contributed by atoms with Crippen molar-refractivity contribution in [3.05, 3.63) is 18.5 Å². The predicted molar refractivity (Wildman–Crippen MR) is 94.6 cm³/mol. The first-order valence-corrected chi connectivity index (χ1v) is 8.45. The van der Waals surface area contributed by atoms with Crippen LogP contribution >= 0.6 is 0 Å². The molecule has 128 valence electrons. The Bertz CT molecular complexity index is 620. The van der Waals surface area contributed by atoms with Crippen molar-refractivity contribution in [2.24, 2.45) is 0 Å². The average Bonchev–Trinajstić information content (AvgIpc) is 3.00. The summed E-state index contributed by atoms with van der Waals surface area (Å²) in [5.74, 6) is 1.47. The molecular formula is C18H29N3O2. The van der Waals surface area contributed by atoms with E-state index in [9.17, 15) is 0 Å². The second-order valence-electron chi connectivity index (χ2n) is 5.87. The lowest BCUT2D eigenvalue weighted by atomic mass is 10.1. The molecule has 1 unspecified atom stereocenters. The van der Waals surface area contributed by atoms with Crippen LogP contribution in [0.25, 0.3) is 11.0 Å².